The van der Waals surface area contributed by atoms with Crippen molar-refractivity contribution in [3.05, 3.63) is 129 Å². The van der Waals surface area contributed by atoms with Gasteiger partial charge < -0.3 is 10.2 Å². The van der Waals surface area contributed by atoms with E-state index in [1.54, 1.807) is 61.5 Å². The summed E-state index contributed by atoms with van der Waals surface area (Å²) in [5.74, 6) is -0.973. The summed E-state index contributed by atoms with van der Waals surface area (Å²) >= 11 is 13.1. The van der Waals surface area contributed by atoms with Gasteiger partial charge in [0.25, 0.3) is 10.0 Å². The van der Waals surface area contributed by atoms with Crippen LogP contribution in [0.3, 0.4) is 0 Å². The summed E-state index contributed by atoms with van der Waals surface area (Å²) in [5, 5.41) is 3.59. The zero-order chi connectivity index (χ0) is 32.7. The average Bonchev–Trinajstić information content (AvgIpc) is 2.99. The van der Waals surface area contributed by atoms with Crippen LogP contribution in [-0.2, 0) is 32.6 Å². The lowest BCUT2D eigenvalue weighted by atomic mass is 10.0. The molecule has 1 atom stereocenters. The van der Waals surface area contributed by atoms with Crippen molar-refractivity contribution in [2.75, 3.05) is 10.8 Å². The molecular weight excluding hydrogens is 629 g/mol. The summed E-state index contributed by atoms with van der Waals surface area (Å²) in [7, 11) is -4.20. The second-order valence-corrected chi connectivity index (χ2v) is 13.9. The number of rotatable bonds is 12. The van der Waals surface area contributed by atoms with Crippen molar-refractivity contribution in [2.45, 2.75) is 57.6 Å². The van der Waals surface area contributed by atoms with Gasteiger partial charge in [0.15, 0.2) is 0 Å². The molecule has 4 aromatic rings. The first-order valence-corrected chi connectivity index (χ1v) is 16.8. The Labute approximate surface area is 275 Å². The fraction of sp³-hybridized carbons (Fsp3) is 0.257. The molecular formula is C35H37Cl2N3O4S. The van der Waals surface area contributed by atoms with Crippen LogP contribution in [-0.4, -0.2) is 43.8 Å². The van der Waals surface area contributed by atoms with E-state index in [2.05, 4.69) is 5.32 Å². The fourth-order valence-corrected chi connectivity index (χ4v) is 6.98. The largest absolute Gasteiger partial charge is 0.352 e. The van der Waals surface area contributed by atoms with Gasteiger partial charge in [0.05, 0.1) is 10.6 Å². The summed E-state index contributed by atoms with van der Waals surface area (Å²) in [5.41, 5.74) is 3.20. The van der Waals surface area contributed by atoms with E-state index < -0.39 is 28.5 Å². The van der Waals surface area contributed by atoms with Crippen molar-refractivity contribution >= 4 is 50.7 Å². The molecule has 0 fully saturated rings. The molecule has 0 unspecified atom stereocenters. The molecule has 0 aliphatic heterocycles. The van der Waals surface area contributed by atoms with Gasteiger partial charge in [-0.15, -0.1) is 0 Å². The number of nitrogens with one attached hydrogen (secondary N) is 1. The highest BCUT2D eigenvalue weighted by molar-refractivity contribution is 7.92. The molecule has 0 aliphatic carbocycles. The van der Waals surface area contributed by atoms with Gasteiger partial charge in [-0.2, -0.15) is 0 Å². The molecule has 0 radical (unpaired) electrons. The minimum Gasteiger partial charge on any atom is -0.352 e. The van der Waals surface area contributed by atoms with Crippen LogP contribution in [0.25, 0.3) is 0 Å². The standard InChI is InChI=1S/C35H37Cl2N3O4S/c1-24(2)38-35(42)33(21-27-12-6-5-7-13-27)39(22-29-30(36)14-10-15-31(29)37)34(41)23-40(32-16-9-8-11-26(32)4)45(43,44)28-19-17-25(3)18-20-28/h5-20,24,33H,21-23H2,1-4H3,(H,38,42)/t33-/m1/s1. The van der Waals surface area contributed by atoms with Crippen molar-refractivity contribution < 1.29 is 18.0 Å². The topological polar surface area (TPSA) is 86.8 Å². The second-order valence-electron chi connectivity index (χ2n) is 11.2. The number of aryl methyl sites for hydroxylation is 2. The summed E-state index contributed by atoms with van der Waals surface area (Å²) in [4.78, 5) is 29.8. The van der Waals surface area contributed by atoms with E-state index in [4.69, 9.17) is 23.2 Å². The van der Waals surface area contributed by atoms with Gasteiger partial charge in [0.2, 0.25) is 11.8 Å². The van der Waals surface area contributed by atoms with Gasteiger partial charge in [-0.05, 0) is 69.2 Å². The van der Waals surface area contributed by atoms with Crippen LogP contribution in [0.4, 0.5) is 5.69 Å². The van der Waals surface area contributed by atoms with Crippen LogP contribution in [0.2, 0.25) is 10.0 Å². The van der Waals surface area contributed by atoms with Gasteiger partial charge >= 0.3 is 0 Å². The van der Waals surface area contributed by atoms with Gasteiger partial charge in [-0.25, -0.2) is 8.42 Å². The van der Waals surface area contributed by atoms with Crippen LogP contribution in [0, 0.1) is 13.8 Å². The predicted octanol–water partition coefficient (Wildman–Crippen LogP) is 6.97. The van der Waals surface area contributed by atoms with Crippen LogP contribution in [0.15, 0.2) is 102 Å². The molecule has 2 amide bonds. The van der Waals surface area contributed by atoms with Crippen molar-refractivity contribution in [1.29, 1.82) is 0 Å². The van der Waals surface area contributed by atoms with E-state index in [0.717, 1.165) is 15.4 Å². The first-order chi connectivity index (χ1) is 21.4. The van der Waals surface area contributed by atoms with Crippen LogP contribution < -0.4 is 9.62 Å². The van der Waals surface area contributed by atoms with Crippen LogP contribution in [0.5, 0.6) is 0 Å². The van der Waals surface area contributed by atoms with Crippen molar-refractivity contribution in [2.24, 2.45) is 0 Å². The third-order valence-electron chi connectivity index (χ3n) is 7.36. The van der Waals surface area contributed by atoms with E-state index >= 15 is 0 Å². The number of carbonyl (C=O) groups is 2. The third-order valence-corrected chi connectivity index (χ3v) is 9.85. The number of para-hydroxylation sites is 1. The average molecular weight is 667 g/mol. The van der Waals surface area contributed by atoms with Gasteiger partial charge in [-0.3, -0.25) is 13.9 Å². The van der Waals surface area contributed by atoms with Crippen molar-refractivity contribution in [1.82, 2.24) is 10.2 Å². The number of sulfonamides is 1. The van der Waals surface area contributed by atoms with E-state index in [1.807, 2.05) is 51.1 Å². The SMILES string of the molecule is Cc1ccc(S(=O)(=O)N(CC(=O)N(Cc2c(Cl)cccc2Cl)[C@H](Cc2ccccc2)C(=O)NC(C)C)c2ccccc2C)cc1. The number of hydrogen-bond acceptors (Lipinski definition) is 4. The maximum absolute atomic E-state index is 14.6. The smallest absolute Gasteiger partial charge is 0.264 e. The monoisotopic (exact) mass is 665 g/mol. The molecule has 0 saturated heterocycles. The molecule has 0 bridgehead atoms. The van der Waals surface area contributed by atoms with Gasteiger partial charge in [0, 0.05) is 34.6 Å². The Morgan fingerprint density at radius 2 is 1.40 bits per heavy atom. The normalized spacial score (nSPS) is 12.1. The Morgan fingerprint density at radius 3 is 2.00 bits per heavy atom. The maximum Gasteiger partial charge on any atom is 0.264 e. The molecule has 4 rings (SSSR count). The molecule has 45 heavy (non-hydrogen) atoms. The summed E-state index contributed by atoms with van der Waals surface area (Å²) in [6.45, 7) is 6.64. The zero-order valence-electron chi connectivity index (χ0n) is 25.7. The van der Waals surface area contributed by atoms with Crippen LogP contribution >= 0.6 is 23.2 Å². The number of amides is 2. The quantitative estimate of drug-likeness (QED) is 0.177. The van der Waals surface area contributed by atoms with Crippen LogP contribution in [0.1, 0.15) is 36.1 Å². The molecule has 4 aromatic carbocycles. The van der Waals surface area contributed by atoms with Gasteiger partial charge in [-0.1, -0.05) is 95.5 Å². The predicted molar refractivity (Wildman–Crippen MR) is 181 cm³/mol. The zero-order valence-corrected chi connectivity index (χ0v) is 28.0. The fourth-order valence-electron chi connectivity index (χ4n) is 4.98. The van der Waals surface area contributed by atoms with E-state index in [9.17, 15) is 18.0 Å². The lowest BCUT2D eigenvalue weighted by Gasteiger charge is -2.34. The highest BCUT2D eigenvalue weighted by Gasteiger charge is 2.35. The minimum atomic E-state index is -4.20. The van der Waals surface area contributed by atoms with Crippen molar-refractivity contribution in [3.8, 4) is 0 Å². The Hall–Kier alpha value is -3.85. The minimum absolute atomic E-state index is 0.0447. The Balaban J connectivity index is 1.85. The Bertz CT molecular complexity index is 1730. The Kier molecular flexibility index (Phi) is 11.3. The lowest BCUT2D eigenvalue weighted by molar-refractivity contribution is -0.140. The van der Waals surface area contributed by atoms with E-state index in [-0.39, 0.29) is 29.8 Å². The first kappa shape index (κ1) is 34.0. The number of carbonyl (C=O) groups excluding carboxylic acids is 2. The maximum atomic E-state index is 14.6. The molecule has 10 heteroatoms. The number of nitrogens with zero attached hydrogens (tertiary/aromatic N) is 2. The van der Waals surface area contributed by atoms with Crippen molar-refractivity contribution in [3.63, 3.8) is 0 Å². The number of hydrogen-bond donors (Lipinski definition) is 1. The molecule has 1 N–H and O–H groups in total. The number of halogens is 2. The van der Waals surface area contributed by atoms with Gasteiger partial charge in [0.1, 0.15) is 12.6 Å². The highest BCUT2D eigenvalue weighted by Crippen LogP contribution is 2.30. The van der Waals surface area contributed by atoms with E-state index in [0.29, 0.717) is 26.9 Å². The summed E-state index contributed by atoms with van der Waals surface area (Å²) < 4.78 is 29.5. The lowest BCUT2D eigenvalue weighted by Crippen LogP contribution is -2.54. The first-order valence-electron chi connectivity index (χ1n) is 14.6. The molecule has 0 saturated carbocycles. The third kappa shape index (κ3) is 8.45. The molecule has 0 aromatic heterocycles. The highest BCUT2D eigenvalue weighted by atomic mass is 35.5. The Morgan fingerprint density at radius 1 is 0.800 bits per heavy atom. The summed E-state index contributed by atoms with van der Waals surface area (Å²) in [6.07, 6.45) is 0.183. The number of benzene rings is 4. The molecule has 0 heterocycles. The molecule has 0 aliphatic rings. The molecule has 236 valence electrons. The number of anilines is 1. The summed E-state index contributed by atoms with van der Waals surface area (Å²) in [6, 6.07) is 26.6. The second kappa shape index (κ2) is 15.0. The molecule has 0 spiro atoms. The molecule has 7 nitrogen and oxygen atoms in total. The van der Waals surface area contributed by atoms with E-state index in [1.165, 1.54) is 17.0 Å².